The van der Waals surface area contributed by atoms with E-state index in [4.69, 9.17) is 5.73 Å². The minimum Gasteiger partial charge on any atom is -0.350 e. The van der Waals surface area contributed by atoms with Crippen molar-refractivity contribution in [2.75, 3.05) is 0 Å². The minimum atomic E-state index is -0.669. The highest BCUT2D eigenvalue weighted by atomic mass is 16.2. The highest BCUT2D eigenvalue weighted by molar-refractivity contribution is 6.01. The topological polar surface area (TPSA) is 67.5 Å². The van der Waals surface area contributed by atoms with Gasteiger partial charge in [0.1, 0.15) is 0 Å². The molecule has 17 heavy (non-hydrogen) atoms. The lowest BCUT2D eigenvalue weighted by molar-refractivity contribution is 0.249. The number of rotatable bonds is 2. The summed E-state index contributed by atoms with van der Waals surface area (Å²) >= 11 is 0. The molecule has 0 aliphatic rings. The number of hydrogen-bond acceptors (Lipinski definition) is 2. The first-order valence-electron chi connectivity index (χ1n) is 5.25. The van der Waals surface area contributed by atoms with E-state index in [1.54, 1.807) is 6.21 Å². The van der Waals surface area contributed by atoms with E-state index >= 15 is 0 Å². The number of fused-ring (bicyclic) bond motifs is 1. The van der Waals surface area contributed by atoms with Crippen LogP contribution in [0.25, 0.3) is 10.8 Å². The Morgan fingerprint density at radius 2 is 1.94 bits per heavy atom. The molecule has 2 rings (SSSR count). The molecule has 0 unspecified atom stereocenters. The van der Waals surface area contributed by atoms with Crippen molar-refractivity contribution in [3.8, 4) is 0 Å². The molecule has 4 nitrogen and oxygen atoms in total. The van der Waals surface area contributed by atoms with Gasteiger partial charge in [0.2, 0.25) is 0 Å². The van der Waals surface area contributed by atoms with Crippen molar-refractivity contribution in [1.82, 2.24) is 5.43 Å². The van der Waals surface area contributed by atoms with Gasteiger partial charge in [-0.3, -0.25) is 0 Å². The van der Waals surface area contributed by atoms with Crippen molar-refractivity contribution in [2.24, 2.45) is 10.8 Å². The molecular formula is C13H13N3O. The van der Waals surface area contributed by atoms with Crippen LogP contribution in [0.2, 0.25) is 0 Å². The maximum absolute atomic E-state index is 10.5. The molecule has 0 aromatic heterocycles. The molecule has 0 aliphatic carbocycles. The fourth-order valence-corrected chi connectivity index (χ4v) is 1.75. The van der Waals surface area contributed by atoms with Gasteiger partial charge in [-0.15, -0.1) is 0 Å². The molecule has 0 heterocycles. The summed E-state index contributed by atoms with van der Waals surface area (Å²) < 4.78 is 0. The zero-order valence-electron chi connectivity index (χ0n) is 9.47. The second-order valence-corrected chi connectivity index (χ2v) is 3.75. The van der Waals surface area contributed by atoms with Crippen LogP contribution in [-0.4, -0.2) is 12.2 Å². The number of hydrogen-bond donors (Lipinski definition) is 2. The third-order valence-corrected chi connectivity index (χ3v) is 2.55. The van der Waals surface area contributed by atoms with Crippen LogP contribution in [0.15, 0.2) is 41.5 Å². The van der Waals surface area contributed by atoms with Gasteiger partial charge in [0.25, 0.3) is 0 Å². The molecule has 3 N–H and O–H groups in total. The van der Waals surface area contributed by atoms with Gasteiger partial charge < -0.3 is 5.73 Å². The molecule has 0 atom stereocenters. The van der Waals surface area contributed by atoms with E-state index in [0.29, 0.717) is 0 Å². The minimum absolute atomic E-state index is 0.669. The molecule has 4 heteroatoms. The Hall–Kier alpha value is -2.36. The molecule has 2 amide bonds. The highest BCUT2D eigenvalue weighted by Gasteiger charge is 2.00. The van der Waals surface area contributed by atoms with Crippen LogP contribution in [0.5, 0.6) is 0 Å². The SMILES string of the molecule is Cc1ccc(C=NNC(N)=O)c2ccccc12. The maximum Gasteiger partial charge on any atom is 0.332 e. The molecule has 0 saturated heterocycles. The Kier molecular flexibility index (Phi) is 3.05. The van der Waals surface area contributed by atoms with E-state index in [0.717, 1.165) is 10.9 Å². The average Bonchev–Trinajstić information content (AvgIpc) is 2.32. The summed E-state index contributed by atoms with van der Waals surface area (Å²) in [4.78, 5) is 10.5. The second kappa shape index (κ2) is 4.65. The standard InChI is InChI=1S/C13H13N3O/c1-9-6-7-10(8-15-16-13(14)17)12-5-3-2-4-11(9)12/h2-8H,1H3,(H3,14,16,17). The van der Waals surface area contributed by atoms with E-state index in [1.807, 2.05) is 30.3 Å². The van der Waals surface area contributed by atoms with Gasteiger partial charge in [0.05, 0.1) is 6.21 Å². The van der Waals surface area contributed by atoms with Gasteiger partial charge in [0, 0.05) is 5.56 Å². The maximum atomic E-state index is 10.5. The van der Waals surface area contributed by atoms with Gasteiger partial charge in [0.15, 0.2) is 0 Å². The fourth-order valence-electron chi connectivity index (χ4n) is 1.75. The molecule has 0 fully saturated rings. The lowest BCUT2D eigenvalue weighted by atomic mass is 10.0. The van der Waals surface area contributed by atoms with E-state index in [2.05, 4.69) is 23.5 Å². The third kappa shape index (κ3) is 2.42. The summed E-state index contributed by atoms with van der Waals surface area (Å²) in [7, 11) is 0. The van der Waals surface area contributed by atoms with Gasteiger partial charge in [-0.25, -0.2) is 10.2 Å². The number of amides is 2. The normalized spacial score (nSPS) is 10.9. The summed E-state index contributed by atoms with van der Waals surface area (Å²) in [5.41, 5.74) is 9.26. The fraction of sp³-hybridized carbons (Fsp3) is 0.0769. The number of nitrogens with two attached hydrogens (primary N) is 1. The number of aryl methyl sites for hydroxylation is 1. The van der Waals surface area contributed by atoms with Crippen molar-refractivity contribution >= 4 is 23.0 Å². The Labute approximate surface area is 99.1 Å². The quantitative estimate of drug-likeness (QED) is 0.599. The number of nitrogens with one attached hydrogen (secondary N) is 1. The predicted molar refractivity (Wildman–Crippen MR) is 69.0 cm³/mol. The van der Waals surface area contributed by atoms with Crippen LogP contribution in [0.1, 0.15) is 11.1 Å². The molecule has 0 radical (unpaired) electrons. The van der Waals surface area contributed by atoms with Crippen LogP contribution >= 0.6 is 0 Å². The molecule has 86 valence electrons. The first-order chi connectivity index (χ1) is 8.18. The number of urea groups is 1. The zero-order chi connectivity index (χ0) is 12.3. The van der Waals surface area contributed by atoms with E-state index in [-0.39, 0.29) is 0 Å². The Balaban J connectivity index is 2.45. The first-order valence-corrected chi connectivity index (χ1v) is 5.25. The first kappa shape index (κ1) is 11.1. The number of carbonyl (C=O) groups is 1. The van der Waals surface area contributed by atoms with Crippen LogP contribution in [-0.2, 0) is 0 Å². The Morgan fingerprint density at radius 1 is 1.24 bits per heavy atom. The van der Waals surface area contributed by atoms with Crippen molar-refractivity contribution in [1.29, 1.82) is 0 Å². The van der Waals surface area contributed by atoms with E-state index < -0.39 is 6.03 Å². The monoisotopic (exact) mass is 227 g/mol. The number of carbonyl (C=O) groups excluding carboxylic acids is 1. The van der Waals surface area contributed by atoms with Gasteiger partial charge >= 0.3 is 6.03 Å². The molecule has 0 spiro atoms. The predicted octanol–water partition coefficient (Wildman–Crippen LogP) is 2.15. The molecular weight excluding hydrogens is 214 g/mol. The van der Waals surface area contributed by atoms with Crippen molar-refractivity contribution in [3.63, 3.8) is 0 Å². The smallest absolute Gasteiger partial charge is 0.332 e. The summed E-state index contributed by atoms with van der Waals surface area (Å²) in [6.45, 7) is 2.06. The molecule has 2 aromatic carbocycles. The summed E-state index contributed by atoms with van der Waals surface area (Å²) in [6.07, 6.45) is 1.59. The lowest BCUT2D eigenvalue weighted by Crippen LogP contribution is -2.24. The largest absolute Gasteiger partial charge is 0.350 e. The molecule has 0 aliphatic heterocycles. The van der Waals surface area contributed by atoms with Gasteiger partial charge in [-0.05, 0) is 23.3 Å². The number of primary amides is 1. The van der Waals surface area contributed by atoms with E-state index in [1.165, 1.54) is 10.9 Å². The van der Waals surface area contributed by atoms with Gasteiger partial charge in [-0.1, -0.05) is 36.4 Å². The number of hydrazone groups is 1. The number of nitrogens with zero attached hydrogens (tertiary/aromatic N) is 1. The van der Waals surface area contributed by atoms with Crippen LogP contribution < -0.4 is 11.2 Å². The van der Waals surface area contributed by atoms with Crippen molar-refractivity contribution in [3.05, 3.63) is 47.5 Å². The zero-order valence-corrected chi connectivity index (χ0v) is 9.47. The third-order valence-electron chi connectivity index (χ3n) is 2.55. The molecule has 0 saturated carbocycles. The molecule has 0 bridgehead atoms. The Morgan fingerprint density at radius 3 is 2.65 bits per heavy atom. The summed E-state index contributed by atoms with van der Waals surface area (Å²) in [5.74, 6) is 0. The number of benzene rings is 2. The van der Waals surface area contributed by atoms with Crippen LogP contribution in [0.3, 0.4) is 0 Å². The highest BCUT2D eigenvalue weighted by Crippen LogP contribution is 2.20. The van der Waals surface area contributed by atoms with Crippen molar-refractivity contribution in [2.45, 2.75) is 6.92 Å². The van der Waals surface area contributed by atoms with Crippen LogP contribution in [0, 0.1) is 6.92 Å². The van der Waals surface area contributed by atoms with Gasteiger partial charge in [-0.2, -0.15) is 5.10 Å². The Bertz CT molecular complexity index is 590. The van der Waals surface area contributed by atoms with Crippen molar-refractivity contribution < 1.29 is 4.79 Å². The molecule has 2 aromatic rings. The van der Waals surface area contributed by atoms with E-state index in [9.17, 15) is 4.79 Å². The summed E-state index contributed by atoms with van der Waals surface area (Å²) in [5, 5.41) is 6.05. The summed E-state index contributed by atoms with van der Waals surface area (Å²) in [6, 6.07) is 11.4. The van der Waals surface area contributed by atoms with Crippen LogP contribution in [0.4, 0.5) is 4.79 Å². The second-order valence-electron chi connectivity index (χ2n) is 3.75. The lowest BCUT2D eigenvalue weighted by Gasteiger charge is -2.04. The average molecular weight is 227 g/mol.